The molecule has 0 N–H and O–H groups in total. The van der Waals surface area contributed by atoms with Crippen molar-refractivity contribution in [2.75, 3.05) is 26.9 Å². The SMILES string of the molecule is CCC(C)COc1ccc(-c2ccc(OCCCCCCOc3cc(I)c(OC)cc3I)cc2)cc1. The summed E-state index contributed by atoms with van der Waals surface area (Å²) in [5, 5.41) is 0. The number of halogens is 2. The number of methoxy groups -OCH3 is 1. The molecule has 0 amide bonds. The highest BCUT2D eigenvalue weighted by Crippen LogP contribution is 2.31. The Morgan fingerprint density at radius 2 is 1.17 bits per heavy atom. The van der Waals surface area contributed by atoms with Gasteiger partial charge in [-0.1, -0.05) is 44.5 Å². The highest BCUT2D eigenvalue weighted by atomic mass is 127. The molecule has 194 valence electrons. The summed E-state index contributed by atoms with van der Waals surface area (Å²) >= 11 is 4.57. The summed E-state index contributed by atoms with van der Waals surface area (Å²) in [7, 11) is 1.69. The van der Waals surface area contributed by atoms with Crippen LogP contribution < -0.4 is 18.9 Å². The summed E-state index contributed by atoms with van der Waals surface area (Å²) in [6, 6.07) is 20.7. The molecule has 0 spiro atoms. The summed E-state index contributed by atoms with van der Waals surface area (Å²) in [6.07, 6.45) is 5.46. The molecule has 0 aliphatic rings. The molecule has 0 radical (unpaired) electrons. The van der Waals surface area contributed by atoms with E-state index in [0.29, 0.717) is 5.92 Å². The average molecular weight is 714 g/mol. The number of unbranched alkanes of at least 4 members (excludes halogenated alkanes) is 3. The Hall–Kier alpha value is -1.68. The zero-order valence-electron chi connectivity index (χ0n) is 21.4. The van der Waals surface area contributed by atoms with Crippen LogP contribution >= 0.6 is 45.2 Å². The van der Waals surface area contributed by atoms with Crippen LogP contribution in [0.5, 0.6) is 23.0 Å². The third-order valence-corrected chi connectivity index (χ3v) is 7.73. The number of hydrogen-bond donors (Lipinski definition) is 0. The standard InChI is InChI=1S/C30H36I2O4/c1-4-22(2)21-36-26-15-11-24(12-16-26)23-9-13-25(14-10-23)34-17-7-5-6-8-18-35-30-20-27(31)29(33-3)19-28(30)32/h9-16,19-20,22H,4-8,17-18,21H2,1-3H3. The largest absolute Gasteiger partial charge is 0.496 e. The predicted octanol–water partition coefficient (Wildman–Crippen LogP) is 9.01. The highest BCUT2D eigenvalue weighted by molar-refractivity contribution is 14.1. The first-order valence-electron chi connectivity index (χ1n) is 12.6. The fourth-order valence-electron chi connectivity index (χ4n) is 3.55. The lowest BCUT2D eigenvalue weighted by molar-refractivity contribution is 0.256. The second-order valence-electron chi connectivity index (χ2n) is 8.90. The van der Waals surface area contributed by atoms with E-state index >= 15 is 0 Å². The van der Waals surface area contributed by atoms with E-state index in [9.17, 15) is 0 Å². The molecule has 1 atom stereocenters. The molecule has 1 unspecified atom stereocenters. The quantitative estimate of drug-likeness (QED) is 0.116. The maximum atomic E-state index is 5.97. The zero-order chi connectivity index (χ0) is 25.8. The van der Waals surface area contributed by atoms with Gasteiger partial charge in [0.05, 0.1) is 34.1 Å². The normalized spacial score (nSPS) is 11.7. The zero-order valence-corrected chi connectivity index (χ0v) is 25.7. The molecule has 3 rings (SSSR count). The Balaban J connectivity index is 1.31. The lowest BCUT2D eigenvalue weighted by atomic mass is 10.1. The predicted molar refractivity (Wildman–Crippen MR) is 165 cm³/mol. The average Bonchev–Trinajstić information content (AvgIpc) is 2.91. The Kier molecular flexibility index (Phi) is 12.5. The van der Waals surface area contributed by atoms with E-state index < -0.39 is 0 Å². The van der Waals surface area contributed by atoms with Crippen LogP contribution in [0, 0.1) is 13.1 Å². The third kappa shape index (κ3) is 9.32. The van der Waals surface area contributed by atoms with Gasteiger partial charge in [0.15, 0.2) is 0 Å². The number of rotatable bonds is 15. The molecule has 3 aromatic rings. The second kappa shape index (κ2) is 15.5. The molecule has 0 aliphatic heterocycles. The van der Waals surface area contributed by atoms with Gasteiger partial charge in [-0.2, -0.15) is 0 Å². The topological polar surface area (TPSA) is 36.9 Å². The van der Waals surface area contributed by atoms with Gasteiger partial charge in [0.2, 0.25) is 0 Å². The van der Waals surface area contributed by atoms with Crippen LogP contribution in [0.4, 0.5) is 0 Å². The molecule has 36 heavy (non-hydrogen) atoms. The molecule has 0 saturated carbocycles. The van der Waals surface area contributed by atoms with E-state index in [-0.39, 0.29) is 0 Å². The Labute approximate surface area is 243 Å². The van der Waals surface area contributed by atoms with E-state index in [2.05, 4.69) is 83.3 Å². The van der Waals surface area contributed by atoms with Gasteiger partial charge in [-0.25, -0.2) is 0 Å². The van der Waals surface area contributed by atoms with Crippen LogP contribution in [-0.2, 0) is 0 Å². The van der Waals surface area contributed by atoms with E-state index in [1.807, 2.05) is 36.4 Å². The van der Waals surface area contributed by atoms with Crippen molar-refractivity contribution in [3.63, 3.8) is 0 Å². The van der Waals surface area contributed by atoms with Gasteiger partial charge in [0, 0.05) is 0 Å². The minimum Gasteiger partial charge on any atom is -0.496 e. The van der Waals surface area contributed by atoms with Gasteiger partial charge in [0.25, 0.3) is 0 Å². The molecule has 6 heteroatoms. The van der Waals surface area contributed by atoms with E-state index in [1.165, 1.54) is 11.1 Å². The van der Waals surface area contributed by atoms with Gasteiger partial charge in [-0.3, -0.25) is 0 Å². The first-order valence-corrected chi connectivity index (χ1v) is 14.8. The summed E-state index contributed by atoms with van der Waals surface area (Å²) in [6.45, 7) is 6.62. The Morgan fingerprint density at radius 1 is 0.667 bits per heavy atom. The van der Waals surface area contributed by atoms with Crippen molar-refractivity contribution in [2.24, 2.45) is 5.92 Å². The Bertz CT molecular complexity index is 1050. The molecule has 3 aromatic carbocycles. The fourth-order valence-corrected chi connectivity index (χ4v) is 4.80. The van der Waals surface area contributed by atoms with Crippen LogP contribution in [0.25, 0.3) is 11.1 Å². The van der Waals surface area contributed by atoms with Gasteiger partial charge in [-0.15, -0.1) is 0 Å². The van der Waals surface area contributed by atoms with E-state index in [0.717, 1.165) is 82.1 Å². The first kappa shape index (κ1) is 28.9. The molecule has 0 aliphatic carbocycles. The Morgan fingerprint density at radius 3 is 1.72 bits per heavy atom. The third-order valence-electron chi connectivity index (χ3n) is 6.04. The number of hydrogen-bond acceptors (Lipinski definition) is 4. The molecular formula is C30H36I2O4. The van der Waals surface area contributed by atoms with E-state index in [1.54, 1.807) is 7.11 Å². The van der Waals surface area contributed by atoms with Crippen LogP contribution in [-0.4, -0.2) is 26.9 Å². The van der Waals surface area contributed by atoms with Gasteiger partial charge in [-0.05, 0) is 124 Å². The van der Waals surface area contributed by atoms with Crippen molar-refractivity contribution in [3.05, 3.63) is 67.8 Å². The summed E-state index contributed by atoms with van der Waals surface area (Å²) in [5.74, 6) is 4.23. The highest BCUT2D eigenvalue weighted by Gasteiger charge is 2.08. The van der Waals surface area contributed by atoms with Gasteiger partial charge < -0.3 is 18.9 Å². The molecule has 0 bridgehead atoms. The van der Waals surface area contributed by atoms with Crippen LogP contribution in [0.15, 0.2) is 60.7 Å². The minimum atomic E-state index is 0.574. The minimum absolute atomic E-state index is 0.574. The maximum absolute atomic E-state index is 5.97. The van der Waals surface area contributed by atoms with E-state index in [4.69, 9.17) is 18.9 Å². The smallest absolute Gasteiger partial charge is 0.133 e. The lowest BCUT2D eigenvalue weighted by Gasteiger charge is -2.12. The van der Waals surface area contributed by atoms with Crippen molar-refractivity contribution in [2.45, 2.75) is 46.0 Å². The lowest BCUT2D eigenvalue weighted by Crippen LogP contribution is -2.06. The maximum Gasteiger partial charge on any atom is 0.133 e. The van der Waals surface area contributed by atoms with Crippen LogP contribution in [0.3, 0.4) is 0 Å². The first-order chi connectivity index (χ1) is 17.5. The van der Waals surface area contributed by atoms with Crippen LogP contribution in [0.1, 0.15) is 46.0 Å². The van der Waals surface area contributed by atoms with Crippen LogP contribution in [0.2, 0.25) is 0 Å². The molecule has 4 nitrogen and oxygen atoms in total. The van der Waals surface area contributed by atoms with Crippen molar-refractivity contribution in [1.82, 2.24) is 0 Å². The summed E-state index contributed by atoms with van der Waals surface area (Å²) in [5.41, 5.74) is 2.36. The molecular weight excluding hydrogens is 678 g/mol. The molecule has 0 aromatic heterocycles. The molecule has 0 fully saturated rings. The molecule has 0 saturated heterocycles. The summed E-state index contributed by atoms with van der Waals surface area (Å²) < 4.78 is 25.3. The second-order valence-corrected chi connectivity index (χ2v) is 11.2. The van der Waals surface area contributed by atoms with Crippen molar-refractivity contribution in [1.29, 1.82) is 0 Å². The van der Waals surface area contributed by atoms with Gasteiger partial charge >= 0.3 is 0 Å². The van der Waals surface area contributed by atoms with Gasteiger partial charge in [0.1, 0.15) is 23.0 Å². The monoisotopic (exact) mass is 714 g/mol. The van der Waals surface area contributed by atoms with Crippen molar-refractivity contribution >= 4 is 45.2 Å². The van der Waals surface area contributed by atoms with Crippen molar-refractivity contribution < 1.29 is 18.9 Å². The fraction of sp³-hybridized carbons (Fsp3) is 0.400. The van der Waals surface area contributed by atoms with Crippen molar-refractivity contribution in [3.8, 4) is 34.1 Å². The number of ether oxygens (including phenoxy) is 4. The number of benzene rings is 3. The molecule has 0 heterocycles. The summed E-state index contributed by atoms with van der Waals surface area (Å²) in [4.78, 5) is 0.